The van der Waals surface area contributed by atoms with Crippen LogP contribution in [0, 0.1) is 22.7 Å². The average molecular weight is 393 g/mol. The number of cyclic esters (lactones) is 1. The third-order valence-electron chi connectivity index (χ3n) is 9.35. The monoisotopic (exact) mass is 392 g/mol. The lowest BCUT2D eigenvalue weighted by Gasteiger charge is -2.67. The molecule has 5 rings (SSSR count). The second-order valence-electron chi connectivity index (χ2n) is 11.3. The van der Waals surface area contributed by atoms with Crippen LogP contribution in [-0.4, -0.2) is 42.3 Å². The van der Waals surface area contributed by atoms with Crippen molar-refractivity contribution in [3.05, 3.63) is 0 Å². The summed E-state index contributed by atoms with van der Waals surface area (Å²) in [7, 11) is 0. The van der Waals surface area contributed by atoms with Gasteiger partial charge in [0, 0.05) is 10.8 Å². The van der Waals surface area contributed by atoms with Crippen LogP contribution in [0.3, 0.4) is 0 Å². The summed E-state index contributed by atoms with van der Waals surface area (Å²) in [4.78, 5) is 11.9. The van der Waals surface area contributed by atoms with Crippen molar-refractivity contribution in [3.63, 3.8) is 0 Å². The van der Waals surface area contributed by atoms with Gasteiger partial charge in [-0.05, 0) is 64.2 Å². The molecule has 0 radical (unpaired) electrons. The highest BCUT2D eigenvalue weighted by Crippen LogP contribution is 2.69. The lowest BCUT2D eigenvalue weighted by molar-refractivity contribution is -0.358. The van der Waals surface area contributed by atoms with Crippen LogP contribution in [0.15, 0.2) is 0 Å². The zero-order valence-corrected chi connectivity index (χ0v) is 18.1. The Bertz CT molecular complexity index is 690. The number of ether oxygens (including phenoxy) is 4. The average Bonchev–Trinajstić information content (AvgIpc) is 3.18. The van der Waals surface area contributed by atoms with Gasteiger partial charge in [-0.25, -0.2) is 0 Å². The summed E-state index contributed by atoms with van der Waals surface area (Å²) in [5.74, 6) is 0.395. The molecular weight excluding hydrogens is 356 g/mol. The maximum atomic E-state index is 11.9. The smallest absolute Gasteiger partial charge is 0.308 e. The first-order valence-electron chi connectivity index (χ1n) is 11.2. The van der Waals surface area contributed by atoms with Crippen LogP contribution in [0.5, 0.6) is 0 Å². The third kappa shape index (κ3) is 2.39. The molecular formula is C23H36O5. The Morgan fingerprint density at radius 3 is 2.46 bits per heavy atom. The maximum Gasteiger partial charge on any atom is 0.308 e. The van der Waals surface area contributed by atoms with E-state index in [1.807, 2.05) is 13.8 Å². The SMILES string of the molecule is C[C@@H]1CCC2[C@]3(C)COC(C)(C)O[C@@H]3CC[C@]2(C)[C@@]12CCC1(COC(=O)C1)O2. The van der Waals surface area contributed by atoms with E-state index in [9.17, 15) is 4.79 Å². The minimum Gasteiger partial charge on any atom is -0.463 e. The standard InChI is InChI=1S/C23H36O5/c1-15-6-7-16-20(4)13-26-19(2,3)27-17(20)8-9-21(16,5)23(15)11-10-22(28-23)12-18(24)25-14-22/h15-17H,6-14H2,1-5H3/t15-,16?,17-,20+,21+,22?,23-/m1/s1. The molecule has 0 N–H and O–H groups in total. The van der Waals surface area contributed by atoms with Crippen molar-refractivity contribution in [1.82, 2.24) is 0 Å². The van der Waals surface area contributed by atoms with Gasteiger partial charge in [0.05, 0.1) is 24.7 Å². The second kappa shape index (κ2) is 5.73. The van der Waals surface area contributed by atoms with Crippen LogP contribution < -0.4 is 0 Å². The summed E-state index contributed by atoms with van der Waals surface area (Å²) in [6.07, 6.45) is 7.16. The summed E-state index contributed by atoms with van der Waals surface area (Å²) >= 11 is 0. The van der Waals surface area contributed by atoms with E-state index in [1.165, 1.54) is 6.42 Å². The number of carbonyl (C=O) groups is 1. The number of hydrogen-bond acceptors (Lipinski definition) is 5. The number of fused-ring (bicyclic) bond motifs is 4. The third-order valence-corrected chi connectivity index (χ3v) is 9.35. The molecule has 158 valence electrons. The Hall–Kier alpha value is -0.650. The first-order valence-corrected chi connectivity index (χ1v) is 11.2. The summed E-state index contributed by atoms with van der Waals surface area (Å²) in [5.41, 5.74) is -0.490. The van der Waals surface area contributed by atoms with Crippen molar-refractivity contribution in [2.75, 3.05) is 13.2 Å². The Balaban J connectivity index is 1.51. The molecule has 5 nitrogen and oxygen atoms in total. The van der Waals surface area contributed by atoms with E-state index in [-0.39, 0.29) is 28.5 Å². The van der Waals surface area contributed by atoms with Gasteiger partial charge >= 0.3 is 5.97 Å². The van der Waals surface area contributed by atoms with Gasteiger partial charge in [-0.1, -0.05) is 20.8 Å². The van der Waals surface area contributed by atoms with Crippen LogP contribution in [-0.2, 0) is 23.7 Å². The van der Waals surface area contributed by atoms with E-state index in [1.54, 1.807) is 0 Å². The molecule has 3 aliphatic heterocycles. The number of rotatable bonds is 0. The van der Waals surface area contributed by atoms with E-state index in [2.05, 4.69) is 20.8 Å². The molecule has 7 atom stereocenters. The molecule has 5 heteroatoms. The van der Waals surface area contributed by atoms with E-state index in [0.29, 0.717) is 24.9 Å². The highest BCUT2D eigenvalue weighted by Gasteiger charge is 2.70. The van der Waals surface area contributed by atoms with E-state index in [4.69, 9.17) is 18.9 Å². The summed E-state index contributed by atoms with van der Waals surface area (Å²) in [6.45, 7) is 12.5. The zero-order chi connectivity index (χ0) is 20.0. The Labute approximate surface area is 168 Å². The fraction of sp³-hybridized carbons (Fsp3) is 0.957. The summed E-state index contributed by atoms with van der Waals surface area (Å²) in [6, 6.07) is 0. The van der Waals surface area contributed by atoms with Gasteiger partial charge in [-0.3, -0.25) is 4.79 Å². The molecule has 0 bridgehead atoms. The van der Waals surface area contributed by atoms with Crippen LogP contribution in [0.4, 0.5) is 0 Å². The molecule has 3 saturated heterocycles. The maximum absolute atomic E-state index is 11.9. The van der Waals surface area contributed by atoms with Crippen molar-refractivity contribution >= 4 is 5.97 Å². The van der Waals surface area contributed by atoms with Gasteiger partial charge in [-0.2, -0.15) is 0 Å². The number of esters is 1. The zero-order valence-electron chi connectivity index (χ0n) is 18.1. The van der Waals surface area contributed by atoms with Crippen LogP contribution in [0.25, 0.3) is 0 Å². The predicted octanol–water partition coefficient (Wildman–Crippen LogP) is 4.23. The van der Waals surface area contributed by atoms with Gasteiger partial charge < -0.3 is 18.9 Å². The molecule has 5 fully saturated rings. The molecule has 2 saturated carbocycles. The lowest BCUT2D eigenvalue weighted by Crippen LogP contribution is -2.68. The topological polar surface area (TPSA) is 54.0 Å². The van der Waals surface area contributed by atoms with Crippen molar-refractivity contribution in [2.24, 2.45) is 22.7 Å². The van der Waals surface area contributed by atoms with E-state index < -0.39 is 11.4 Å². The Morgan fingerprint density at radius 1 is 0.964 bits per heavy atom. The van der Waals surface area contributed by atoms with Crippen molar-refractivity contribution in [2.45, 2.75) is 103 Å². The van der Waals surface area contributed by atoms with Gasteiger partial charge in [0.25, 0.3) is 0 Å². The van der Waals surface area contributed by atoms with Gasteiger partial charge in [0.15, 0.2) is 5.79 Å². The highest BCUT2D eigenvalue weighted by molar-refractivity contribution is 5.73. The van der Waals surface area contributed by atoms with E-state index >= 15 is 0 Å². The lowest BCUT2D eigenvalue weighted by atomic mass is 9.43. The van der Waals surface area contributed by atoms with Crippen molar-refractivity contribution in [1.29, 1.82) is 0 Å². The molecule has 0 amide bonds. The van der Waals surface area contributed by atoms with E-state index in [0.717, 1.165) is 38.7 Å². The highest BCUT2D eigenvalue weighted by atomic mass is 16.7. The Morgan fingerprint density at radius 2 is 1.75 bits per heavy atom. The molecule has 3 heterocycles. The minimum atomic E-state index is -0.493. The quantitative estimate of drug-likeness (QED) is 0.578. The minimum absolute atomic E-state index is 0.0107. The molecule has 2 spiro atoms. The molecule has 0 aromatic rings. The molecule has 28 heavy (non-hydrogen) atoms. The van der Waals surface area contributed by atoms with Crippen LogP contribution >= 0.6 is 0 Å². The van der Waals surface area contributed by atoms with Gasteiger partial charge in [-0.15, -0.1) is 0 Å². The number of hydrogen-bond donors (Lipinski definition) is 0. The second-order valence-corrected chi connectivity index (χ2v) is 11.3. The molecule has 5 aliphatic rings. The van der Waals surface area contributed by atoms with Crippen molar-refractivity contribution in [3.8, 4) is 0 Å². The first kappa shape index (κ1) is 19.3. The summed E-state index contributed by atoms with van der Waals surface area (Å²) in [5, 5.41) is 0. The normalized spacial score (nSPS) is 55.2. The molecule has 2 unspecified atom stereocenters. The molecule has 0 aromatic carbocycles. The largest absolute Gasteiger partial charge is 0.463 e. The fourth-order valence-electron chi connectivity index (χ4n) is 7.80. The first-order chi connectivity index (χ1) is 13.0. The van der Waals surface area contributed by atoms with Gasteiger partial charge in [0.2, 0.25) is 0 Å². The summed E-state index contributed by atoms with van der Waals surface area (Å²) < 4.78 is 25.0. The van der Waals surface area contributed by atoms with Gasteiger partial charge in [0.1, 0.15) is 12.2 Å². The molecule has 0 aromatic heterocycles. The predicted molar refractivity (Wildman–Crippen MR) is 104 cm³/mol. The number of carbonyl (C=O) groups excluding carboxylic acids is 1. The molecule has 2 aliphatic carbocycles. The van der Waals surface area contributed by atoms with Crippen LogP contribution in [0.2, 0.25) is 0 Å². The van der Waals surface area contributed by atoms with Crippen molar-refractivity contribution < 1.29 is 23.7 Å². The fourth-order valence-corrected chi connectivity index (χ4v) is 7.80. The van der Waals surface area contributed by atoms with Crippen LogP contribution in [0.1, 0.15) is 79.6 Å². The Kier molecular flexibility index (Phi) is 3.96.